The van der Waals surface area contributed by atoms with E-state index in [1.54, 1.807) is 0 Å². The fraction of sp³-hybridized carbons (Fsp3) is 0.160. The number of anilines is 6. The monoisotopic (exact) mass is 1130 g/mol. The van der Waals surface area contributed by atoms with Gasteiger partial charge in [-0.15, -0.1) is 0 Å². The molecule has 2 atom stereocenters. The van der Waals surface area contributed by atoms with Gasteiger partial charge in [0.25, 0.3) is 0 Å². The summed E-state index contributed by atoms with van der Waals surface area (Å²) in [4.78, 5) is 4.79. The fourth-order valence-corrected chi connectivity index (χ4v) is 15.2. The first kappa shape index (κ1) is 51.4. The van der Waals surface area contributed by atoms with E-state index in [0.29, 0.717) is 0 Å². The number of para-hydroxylation sites is 3. The molecule has 0 radical (unpaired) electrons. The van der Waals surface area contributed by atoms with Gasteiger partial charge in [0.05, 0.1) is 16.9 Å². The molecule has 15 aromatic rings. The highest BCUT2D eigenvalue weighted by Gasteiger charge is 2.53. The quantitative estimate of drug-likeness (QED) is 0.152. The molecule has 0 bridgehead atoms. The Bertz CT molecular complexity index is 5280. The minimum atomic E-state index is -0.238. The van der Waals surface area contributed by atoms with Crippen LogP contribution in [0.5, 0.6) is 0 Å². The smallest absolute Gasteiger partial charge is 0.209 e. The van der Waals surface area contributed by atoms with Gasteiger partial charge in [0.15, 0.2) is 0 Å². The number of hydrogen-bond acceptors (Lipinski definition) is 5. The molecule has 2 aliphatic rings. The lowest BCUT2D eigenvalue weighted by molar-refractivity contribution is 0.395. The van der Waals surface area contributed by atoms with E-state index in [9.17, 15) is 0 Å². The van der Waals surface area contributed by atoms with Crippen molar-refractivity contribution in [1.29, 1.82) is 0 Å². The molecule has 11 aromatic carbocycles. The number of benzene rings is 11. The largest absolute Gasteiger partial charge is 0.456 e. The number of fused-ring (bicyclic) bond motifs is 16. The van der Waals surface area contributed by atoms with E-state index < -0.39 is 0 Å². The summed E-state index contributed by atoms with van der Waals surface area (Å²) in [5.41, 5.74) is 23.9. The fourth-order valence-electron chi connectivity index (χ4n) is 15.2. The Morgan fingerprint density at radius 2 is 0.828 bits per heavy atom. The Balaban J connectivity index is 0.801. The highest BCUT2D eigenvalue weighted by molar-refractivity contribution is 6.21. The van der Waals surface area contributed by atoms with Crippen molar-refractivity contribution in [3.05, 3.63) is 264 Å². The molecule has 0 N–H and O–H groups in total. The molecule has 0 saturated heterocycles. The zero-order chi connectivity index (χ0) is 58.8. The first-order valence-corrected chi connectivity index (χ1v) is 30.6. The Hall–Kier alpha value is -10.0. The number of nitrogens with zero attached hydrogens (tertiary/aromatic N) is 3. The highest BCUT2D eigenvalue weighted by atomic mass is 16.3. The molecule has 1 aliphatic heterocycles. The second-order valence-electron chi connectivity index (χ2n) is 26.9. The molecule has 6 nitrogen and oxygen atoms in total. The Morgan fingerprint density at radius 3 is 1.37 bits per heavy atom. The predicted molar refractivity (Wildman–Crippen MR) is 362 cm³/mol. The molecule has 0 amide bonds. The van der Waals surface area contributed by atoms with Crippen LogP contribution in [-0.4, -0.2) is 4.57 Å². The van der Waals surface area contributed by atoms with E-state index in [1.165, 1.54) is 61.0 Å². The van der Waals surface area contributed by atoms with Crippen LogP contribution in [0.2, 0.25) is 0 Å². The van der Waals surface area contributed by atoms with Crippen molar-refractivity contribution in [2.24, 2.45) is 0 Å². The van der Waals surface area contributed by atoms with E-state index >= 15 is 0 Å². The molecule has 6 heteroatoms. The van der Waals surface area contributed by atoms with Gasteiger partial charge in [-0.3, -0.25) is 0 Å². The van der Waals surface area contributed by atoms with Gasteiger partial charge in [-0.05, 0) is 140 Å². The third kappa shape index (κ3) is 7.72. The van der Waals surface area contributed by atoms with Crippen LogP contribution in [0.1, 0.15) is 95.2 Å². The zero-order valence-corrected chi connectivity index (χ0v) is 50.2. The van der Waals surface area contributed by atoms with Crippen molar-refractivity contribution in [3.8, 4) is 22.3 Å². The first-order chi connectivity index (χ1) is 42.2. The molecule has 422 valence electrons. The van der Waals surface area contributed by atoms with E-state index in [0.717, 1.165) is 100 Å². The van der Waals surface area contributed by atoms with Crippen molar-refractivity contribution in [1.82, 2.24) is 4.57 Å². The Labute approximate surface area is 506 Å². The second-order valence-corrected chi connectivity index (χ2v) is 26.9. The summed E-state index contributed by atoms with van der Waals surface area (Å²) >= 11 is 0. The third-order valence-corrected chi connectivity index (χ3v) is 19.3. The standard InChI is InChI=1S/C81H65N3O3/c1-79(2,3)66-26-16-22-58-64-44-54(38-42-69(64)85-76(58)66)82(52-32-28-50(29-33-52)48-18-11-9-12-19-48)56-36-40-60-68(46-56)81(7,8)73-63-25-15-24-62-72-61-41-37-57(47-71(61)87-78(72)84(74(62)63)75(60)73)83(53-34-30-51(31-35-53)49-20-13-10-14-21-49)55-39-43-70-65(45-55)59-23-17-27-67(77(59)86-70)80(4,5)6/h9-47,73,75H,1-8H3. The van der Waals surface area contributed by atoms with Crippen molar-refractivity contribution in [2.75, 3.05) is 9.80 Å². The Morgan fingerprint density at radius 1 is 0.368 bits per heavy atom. The second kappa shape index (κ2) is 18.5. The normalized spacial score (nSPS) is 15.4. The maximum atomic E-state index is 7.39. The first-order valence-electron chi connectivity index (χ1n) is 30.6. The summed E-state index contributed by atoms with van der Waals surface area (Å²) in [7, 11) is 0. The summed E-state index contributed by atoms with van der Waals surface area (Å²) in [6.07, 6.45) is 0. The Kier molecular flexibility index (Phi) is 10.9. The number of furan rings is 3. The third-order valence-electron chi connectivity index (χ3n) is 19.3. The highest BCUT2D eigenvalue weighted by Crippen LogP contribution is 2.64. The van der Waals surface area contributed by atoms with Crippen molar-refractivity contribution in [3.63, 3.8) is 0 Å². The van der Waals surface area contributed by atoms with Crippen LogP contribution in [-0.2, 0) is 16.2 Å². The van der Waals surface area contributed by atoms with Gasteiger partial charge in [0.1, 0.15) is 27.9 Å². The van der Waals surface area contributed by atoms with Crippen molar-refractivity contribution < 1.29 is 13.3 Å². The summed E-state index contributed by atoms with van der Waals surface area (Å²) in [6, 6.07) is 86.7. The predicted octanol–water partition coefficient (Wildman–Crippen LogP) is 23.2. The number of aromatic nitrogens is 1. The molecule has 4 aromatic heterocycles. The molecule has 1 aliphatic carbocycles. The van der Waals surface area contributed by atoms with Gasteiger partial charge in [0, 0.05) is 89.6 Å². The van der Waals surface area contributed by atoms with Crippen LogP contribution in [0.15, 0.2) is 250 Å². The van der Waals surface area contributed by atoms with Gasteiger partial charge < -0.3 is 27.6 Å². The van der Waals surface area contributed by atoms with E-state index in [-0.39, 0.29) is 28.2 Å². The van der Waals surface area contributed by atoms with Gasteiger partial charge in [-0.2, -0.15) is 0 Å². The van der Waals surface area contributed by atoms with Crippen molar-refractivity contribution in [2.45, 2.75) is 83.6 Å². The number of hydrogen-bond donors (Lipinski definition) is 0. The molecular formula is C81H65N3O3. The van der Waals surface area contributed by atoms with Crippen LogP contribution in [0.4, 0.5) is 34.1 Å². The van der Waals surface area contributed by atoms with Crippen LogP contribution < -0.4 is 9.80 Å². The van der Waals surface area contributed by atoms with Gasteiger partial charge in [-0.25, -0.2) is 0 Å². The average Bonchev–Trinajstić information content (AvgIpc) is 1.51. The van der Waals surface area contributed by atoms with E-state index in [1.807, 2.05) is 0 Å². The average molecular weight is 1130 g/mol. The SMILES string of the molecule is CC(C)(C)c1cccc2c1oc1ccc(N(c3ccc(-c4ccccc4)cc3)c3ccc4c(c3)C(C)(C)C3c5cccc6c7c8ccc(N(c9ccc(-c%10ccccc%10)cc9)c9ccc%10oc%11c(C(C)(C)C)cccc%11c%10c9)cc8oc7n(c56)C43)cc12. The molecular weight excluding hydrogens is 1060 g/mol. The molecule has 5 heterocycles. The molecule has 17 rings (SSSR count). The lowest BCUT2D eigenvalue weighted by Crippen LogP contribution is -2.23. The summed E-state index contributed by atoms with van der Waals surface area (Å²) in [5, 5.41) is 7.95. The molecule has 0 saturated carbocycles. The minimum absolute atomic E-state index is 0.0284. The summed E-state index contributed by atoms with van der Waals surface area (Å²) < 4.78 is 23.4. The maximum Gasteiger partial charge on any atom is 0.209 e. The van der Waals surface area contributed by atoms with E-state index in [4.69, 9.17) is 13.3 Å². The van der Waals surface area contributed by atoms with Gasteiger partial charge in [0.2, 0.25) is 5.71 Å². The molecule has 87 heavy (non-hydrogen) atoms. The van der Waals surface area contributed by atoms with Crippen molar-refractivity contribution >= 4 is 111 Å². The van der Waals surface area contributed by atoms with E-state index in [2.05, 4.69) is 306 Å². The molecule has 0 fully saturated rings. The van der Waals surface area contributed by atoms with Crippen LogP contribution in [0.3, 0.4) is 0 Å². The maximum absolute atomic E-state index is 7.39. The number of rotatable bonds is 8. The lowest BCUT2D eigenvalue weighted by Gasteiger charge is -2.30. The summed E-state index contributed by atoms with van der Waals surface area (Å²) in [6.45, 7) is 18.4. The van der Waals surface area contributed by atoms with Crippen LogP contribution >= 0.6 is 0 Å². The van der Waals surface area contributed by atoms with Crippen LogP contribution in [0.25, 0.3) is 99.1 Å². The molecule has 0 spiro atoms. The van der Waals surface area contributed by atoms with Crippen LogP contribution in [0, 0.1) is 0 Å². The van der Waals surface area contributed by atoms with Gasteiger partial charge >= 0.3 is 0 Å². The zero-order valence-electron chi connectivity index (χ0n) is 50.2. The summed E-state index contributed by atoms with van der Waals surface area (Å²) in [5.74, 6) is 0.182. The van der Waals surface area contributed by atoms with Gasteiger partial charge in [-0.1, -0.05) is 201 Å². The minimum Gasteiger partial charge on any atom is -0.456 e. The lowest BCUT2D eigenvalue weighted by atomic mass is 9.74. The molecule has 2 unspecified atom stereocenters. The topological polar surface area (TPSA) is 50.8 Å².